The monoisotopic (exact) mass is 344 g/mol. The van der Waals surface area contributed by atoms with Gasteiger partial charge in [-0.05, 0) is 38.5 Å². The van der Waals surface area contributed by atoms with Gasteiger partial charge in [-0.1, -0.05) is 26.3 Å². The van der Waals surface area contributed by atoms with Crippen LogP contribution in [0.2, 0.25) is 0 Å². The minimum atomic E-state index is -0.654. The average Bonchev–Trinajstić information content (AvgIpc) is 2.60. The van der Waals surface area contributed by atoms with Crippen molar-refractivity contribution < 1.29 is 9.90 Å². The van der Waals surface area contributed by atoms with E-state index in [1.807, 2.05) is 0 Å². The van der Waals surface area contributed by atoms with Crippen LogP contribution in [0.1, 0.15) is 43.5 Å². The summed E-state index contributed by atoms with van der Waals surface area (Å²) < 4.78 is 0. The molecule has 0 saturated heterocycles. The SMILES string of the molecule is CCN(CC)CCCCCNc1cc(O)c(C(N)=O)c2cccnc12. The van der Waals surface area contributed by atoms with Crippen LogP contribution in [-0.4, -0.2) is 47.1 Å². The Labute approximate surface area is 149 Å². The molecule has 0 spiro atoms. The molecule has 4 N–H and O–H groups in total. The normalized spacial score (nSPS) is 11.2. The van der Waals surface area contributed by atoms with E-state index in [0.717, 1.165) is 44.7 Å². The molecule has 1 heterocycles. The first-order valence-electron chi connectivity index (χ1n) is 8.95. The van der Waals surface area contributed by atoms with Crippen LogP contribution in [0.3, 0.4) is 0 Å². The number of carbonyl (C=O) groups excluding carboxylic acids is 1. The van der Waals surface area contributed by atoms with Gasteiger partial charge in [0, 0.05) is 24.2 Å². The van der Waals surface area contributed by atoms with E-state index < -0.39 is 5.91 Å². The summed E-state index contributed by atoms with van der Waals surface area (Å²) >= 11 is 0. The Hall–Kier alpha value is -2.34. The van der Waals surface area contributed by atoms with Crippen molar-refractivity contribution in [1.29, 1.82) is 0 Å². The summed E-state index contributed by atoms with van der Waals surface area (Å²) in [6.45, 7) is 8.48. The summed E-state index contributed by atoms with van der Waals surface area (Å²) in [6, 6.07) is 5.01. The molecule has 0 fully saturated rings. The molecule has 1 aromatic heterocycles. The smallest absolute Gasteiger partial charge is 0.253 e. The minimum Gasteiger partial charge on any atom is -0.507 e. The van der Waals surface area contributed by atoms with Crippen molar-refractivity contribution in [2.75, 3.05) is 31.5 Å². The van der Waals surface area contributed by atoms with Gasteiger partial charge in [-0.2, -0.15) is 0 Å². The van der Waals surface area contributed by atoms with Crippen molar-refractivity contribution in [3.8, 4) is 5.75 Å². The molecular formula is C19H28N4O2. The van der Waals surface area contributed by atoms with Crippen LogP contribution in [-0.2, 0) is 0 Å². The van der Waals surface area contributed by atoms with Gasteiger partial charge in [0.05, 0.1) is 16.8 Å². The van der Waals surface area contributed by atoms with Gasteiger partial charge >= 0.3 is 0 Å². The molecular weight excluding hydrogens is 316 g/mol. The first-order chi connectivity index (χ1) is 12.1. The Morgan fingerprint density at radius 2 is 2.04 bits per heavy atom. The lowest BCUT2D eigenvalue weighted by molar-refractivity contribution is 0.0999. The lowest BCUT2D eigenvalue weighted by Gasteiger charge is -2.17. The third kappa shape index (κ3) is 4.82. The van der Waals surface area contributed by atoms with Crippen LogP contribution in [0.25, 0.3) is 10.9 Å². The molecule has 0 unspecified atom stereocenters. The quantitative estimate of drug-likeness (QED) is 0.576. The molecule has 2 aromatic rings. The summed E-state index contributed by atoms with van der Waals surface area (Å²) in [5, 5.41) is 14.0. The van der Waals surface area contributed by atoms with E-state index in [1.165, 1.54) is 12.5 Å². The number of fused-ring (bicyclic) bond motifs is 1. The summed E-state index contributed by atoms with van der Waals surface area (Å²) in [5.74, 6) is -0.768. The maximum atomic E-state index is 11.6. The standard InChI is InChI=1S/C19H28N4O2/c1-3-23(4-2)12-7-5-6-10-21-15-13-16(24)17(19(20)25)14-9-8-11-22-18(14)15/h8-9,11,13,21,24H,3-7,10,12H2,1-2H3,(H2,20,25). The zero-order chi connectivity index (χ0) is 18.2. The number of carbonyl (C=O) groups is 1. The van der Waals surface area contributed by atoms with Gasteiger partial charge in [0.2, 0.25) is 0 Å². The second-order valence-corrected chi connectivity index (χ2v) is 6.10. The van der Waals surface area contributed by atoms with Gasteiger partial charge in [-0.15, -0.1) is 0 Å². The molecule has 0 radical (unpaired) electrons. The molecule has 0 aliphatic carbocycles. The predicted molar refractivity (Wildman–Crippen MR) is 102 cm³/mol. The Bertz CT molecular complexity index is 714. The summed E-state index contributed by atoms with van der Waals surface area (Å²) in [6.07, 6.45) is 5.02. The number of nitrogens with one attached hydrogen (secondary N) is 1. The fraction of sp³-hybridized carbons (Fsp3) is 0.474. The van der Waals surface area contributed by atoms with Crippen LogP contribution < -0.4 is 11.1 Å². The molecule has 0 saturated carbocycles. The van der Waals surface area contributed by atoms with Crippen LogP contribution in [0.5, 0.6) is 5.75 Å². The highest BCUT2D eigenvalue weighted by Crippen LogP contribution is 2.32. The second kappa shape index (κ2) is 9.22. The van der Waals surface area contributed by atoms with Crippen LogP contribution in [0.15, 0.2) is 24.4 Å². The fourth-order valence-corrected chi connectivity index (χ4v) is 3.03. The van der Waals surface area contributed by atoms with Gasteiger partial charge in [-0.25, -0.2) is 0 Å². The number of aromatic nitrogens is 1. The highest BCUT2D eigenvalue weighted by Gasteiger charge is 2.16. The Morgan fingerprint density at radius 3 is 2.72 bits per heavy atom. The summed E-state index contributed by atoms with van der Waals surface area (Å²) in [4.78, 5) is 18.4. The first-order valence-corrected chi connectivity index (χ1v) is 8.95. The molecule has 0 atom stereocenters. The zero-order valence-corrected chi connectivity index (χ0v) is 15.1. The Balaban J connectivity index is 1.98. The molecule has 0 aliphatic heterocycles. The number of amides is 1. The van der Waals surface area contributed by atoms with Crippen molar-refractivity contribution in [3.05, 3.63) is 30.0 Å². The maximum Gasteiger partial charge on any atom is 0.253 e. The zero-order valence-electron chi connectivity index (χ0n) is 15.1. The highest BCUT2D eigenvalue weighted by molar-refractivity contribution is 6.10. The van der Waals surface area contributed by atoms with E-state index in [-0.39, 0.29) is 11.3 Å². The van der Waals surface area contributed by atoms with E-state index in [0.29, 0.717) is 10.9 Å². The maximum absolute atomic E-state index is 11.6. The molecule has 0 bridgehead atoms. The van der Waals surface area contributed by atoms with E-state index in [9.17, 15) is 9.90 Å². The summed E-state index contributed by atoms with van der Waals surface area (Å²) in [7, 11) is 0. The number of benzene rings is 1. The lowest BCUT2D eigenvalue weighted by Crippen LogP contribution is -2.23. The highest BCUT2D eigenvalue weighted by atomic mass is 16.3. The molecule has 25 heavy (non-hydrogen) atoms. The number of unbranched alkanes of at least 4 members (excludes halogenated alkanes) is 2. The van der Waals surface area contributed by atoms with E-state index in [1.54, 1.807) is 18.3 Å². The molecule has 0 aliphatic rings. The Morgan fingerprint density at radius 1 is 1.28 bits per heavy atom. The molecule has 2 rings (SSSR count). The van der Waals surface area contributed by atoms with E-state index in [2.05, 4.69) is 29.0 Å². The summed E-state index contributed by atoms with van der Waals surface area (Å²) in [5.41, 5.74) is 6.87. The number of phenols is 1. The van der Waals surface area contributed by atoms with Crippen LogP contribution in [0, 0.1) is 0 Å². The number of anilines is 1. The van der Waals surface area contributed by atoms with Crippen molar-refractivity contribution in [1.82, 2.24) is 9.88 Å². The van der Waals surface area contributed by atoms with Crippen molar-refractivity contribution >= 4 is 22.5 Å². The molecule has 6 heteroatoms. The number of nitrogens with two attached hydrogens (primary N) is 1. The number of rotatable bonds is 10. The number of hydrogen-bond donors (Lipinski definition) is 3. The molecule has 1 aromatic carbocycles. The van der Waals surface area contributed by atoms with Crippen molar-refractivity contribution in [3.63, 3.8) is 0 Å². The second-order valence-electron chi connectivity index (χ2n) is 6.10. The number of aromatic hydroxyl groups is 1. The van der Waals surface area contributed by atoms with Gasteiger partial charge in [0.25, 0.3) is 5.91 Å². The Kier molecular flexibility index (Phi) is 7.01. The van der Waals surface area contributed by atoms with Gasteiger partial charge in [0.15, 0.2) is 0 Å². The van der Waals surface area contributed by atoms with Crippen LogP contribution in [0.4, 0.5) is 5.69 Å². The molecule has 1 amide bonds. The molecule has 136 valence electrons. The van der Waals surface area contributed by atoms with Crippen LogP contribution >= 0.6 is 0 Å². The van der Waals surface area contributed by atoms with Crippen molar-refractivity contribution in [2.24, 2.45) is 5.73 Å². The van der Waals surface area contributed by atoms with Gasteiger partial charge in [-0.3, -0.25) is 9.78 Å². The lowest BCUT2D eigenvalue weighted by atomic mass is 10.0. The fourth-order valence-electron chi connectivity index (χ4n) is 3.03. The van der Waals surface area contributed by atoms with Crippen molar-refractivity contribution in [2.45, 2.75) is 33.1 Å². The third-order valence-electron chi connectivity index (χ3n) is 4.48. The number of pyridine rings is 1. The van der Waals surface area contributed by atoms with E-state index >= 15 is 0 Å². The average molecular weight is 344 g/mol. The van der Waals surface area contributed by atoms with E-state index in [4.69, 9.17) is 5.73 Å². The number of hydrogen-bond acceptors (Lipinski definition) is 5. The first kappa shape index (κ1) is 19.0. The number of nitrogens with zero attached hydrogens (tertiary/aromatic N) is 2. The molecule has 6 nitrogen and oxygen atoms in total. The minimum absolute atomic E-state index is 0.114. The predicted octanol–water partition coefficient (Wildman–Crippen LogP) is 2.96. The van der Waals surface area contributed by atoms with Gasteiger partial charge < -0.3 is 21.1 Å². The topological polar surface area (TPSA) is 91.5 Å². The largest absolute Gasteiger partial charge is 0.507 e. The number of primary amides is 1. The van der Waals surface area contributed by atoms with Gasteiger partial charge in [0.1, 0.15) is 5.75 Å². The third-order valence-corrected chi connectivity index (χ3v) is 4.48.